The summed E-state index contributed by atoms with van der Waals surface area (Å²) in [5.41, 5.74) is 6.59. The fourth-order valence-electron chi connectivity index (χ4n) is 2.21. The molecule has 1 aromatic carbocycles. The Morgan fingerprint density at radius 3 is 2.76 bits per heavy atom. The van der Waals surface area contributed by atoms with Gasteiger partial charge in [0.25, 0.3) is 5.91 Å². The first kappa shape index (κ1) is 16.1. The first-order chi connectivity index (χ1) is 10.1. The Labute approximate surface area is 133 Å². The number of carbonyl (C=O) groups excluding carboxylic acids is 1. The van der Waals surface area contributed by atoms with Gasteiger partial charge in [0, 0.05) is 28.2 Å². The quantitative estimate of drug-likeness (QED) is 0.857. The summed E-state index contributed by atoms with van der Waals surface area (Å²) in [6.45, 7) is 7.65. The van der Waals surface area contributed by atoms with Crippen LogP contribution in [-0.2, 0) is 0 Å². The summed E-state index contributed by atoms with van der Waals surface area (Å²) < 4.78 is 0.978. The first-order valence-electron chi connectivity index (χ1n) is 7.04. The Balaban J connectivity index is 2.07. The third-order valence-corrected chi connectivity index (χ3v) is 4.92. The van der Waals surface area contributed by atoms with Crippen molar-refractivity contribution in [3.8, 4) is 0 Å². The topological polar surface area (TPSA) is 58.4 Å². The van der Waals surface area contributed by atoms with Gasteiger partial charge in [-0.1, -0.05) is 25.4 Å². The van der Waals surface area contributed by atoms with Crippen molar-refractivity contribution in [2.24, 2.45) is 0 Å². The zero-order valence-corrected chi connectivity index (χ0v) is 13.9. The number of rotatable bonds is 6. The van der Waals surface area contributed by atoms with Gasteiger partial charge in [-0.25, -0.2) is 0 Å². The van der Waals surface area contributed by atoms with Crippen LogP contribution in [0.3, 0.4) is 0 Å². The van der Waals surface area contributed by atoms with E-state index in [0.29, 0.717) is 22.1 Å². The Bertz CT molecular complexity index is 637. The smallest absolute Gasteiger partial charge is 0.263 e. The van der Waals surface area contributed by atoms with Crippen LogP contribution in [0.2, 0.25) is 5.02 Å². The maximum atomic E-state index is 12.2. The van der Waals surface area contributed by atoms with Gasteiger partial charge >= 0.3 is 0 Å². The summed E-state index contributed by atoms with van der Waals surface area (Å²) in [5.74, 6) is -0.114. The van der Waals surface area contributed by atoms with Crippen molar-refractivity contribution in [2.75, 3.05) is 31.9 Å². The van der Waals surface area contributed by atoms with Crippen LogP contribution in [0.15, 0.2) is 18.2 Å². The van der Waals surface area contributed by atoms with E-state index < -0.39 is 0 Å². The van der Waals surface area contributed by atoms with Crippen molar-refractivity contribution in [3.05, 3.63) is 28.1 Å². The Morgan fingerprint density at radius 1 is 1.38 bits per heavy atom. The molecule has 0 atom stereocenters. The summed E-state index contributed by atoms with van der Waals surface area (Å²) in [7, 11) is 0. The second kappa shape index (κ2) is 7.11. The van der Waals surface area contributed by atoms with Gasteiger partial charge in [0.05, 0.1) is 5.69 Å². The molecule has 0 radical (unpaired) electrons. The van der Waals surface area contributed by atoms with Gasteiger partial charge in [-0.15, -0.1) is 11.3 Å². The van der Waals surface area contributed by atoms with E-state index in [9.17, 15) is 4.79 Å². The SMILES string of the molecule is CCN(CC)CCNC(=O)c1sc2ccc(Cl)cc2c1N. The number of benzene rings is 1. The molecule has 0 spiro atoms. The minimum Gasteiger partial charge on any atom is -0.397 e. The maximum absolute atomic E-state index is 12.2. The Hall–Kier alpha value is -1.30. The van der Waals surface area contributed by atoms with Crippen molar-refractivity contribution >= 4 is 44.6 Å². The molecule has 0 aliphatic carbocycles. The molecule has 3 N–H and O–H groups in total. The number of nitrogen functional groups attached to an aromatic ring is 1. The summed E-state index contributed by atoms with van der Waals surface area (Å²) in [5, 5.41) is 4.41. The van der Waals surface area contributed by atoms with E-state index in [4.69, 9.17) is 17.3 Å². The molecule has 2 rings (SSSR count). The highest BCUT2D eigenvalue weighted by molar-refractivity contribution is 7.21. The lowest BCUT2D eigenvalue weighted by Crippen LogP contribution is -2.34. The fraction of sp³-hybridized carbons (Fsp3) is 0.400. The average molecular weight is 326 g/mol. The van der Waals surface area contributed by atoms with Crippen molar-refractivity contribution in [2.45, 2.75) is 13.8 Å². The van der Waals surface area contributed by atoms with Crippen LogP contribution in [0.1, 0.15) is 23.5 Å². The highest BCUT2D eigenvalue weighted by Crippen LogP contribution is 2.35. The molecule has 1 heterocycles. The normalized spacial score (nSPS) is 11.2. The number of hydrogen-bond donors (Lipinski definition) is 2. The van der Waals surface area contributed by atoms with Gasteiger partial charge in [-0.3, -0.25) is 4.79 Å². The number of halogens is 1. The molecule has 0 fully saturated rings. The number of nitrogens with one attached hydrogen (secondary N) is 1. The number of thiophene rings is 1. The zero-order chi connectivity index (χ0) is 15.4. The minimum atomic E-state index is -0.114. The molecule has 2 aromatic rings. The lowest BCUT2D eigenvalue weighted by atomic mass is 10.2. The molecule has 4 nitrogen and oxygen atoms in total. The molecular formula is C15H20ClN3OS. The third kappa shape index (κ3) is 3.67. The molecule has 0 aliphatic rings. The highest BCUT2D eigenvalue weighted by atomic mass is 35.5. The first-order valence-corrected chi connectivity index (χ1v) is 8.24. The number of hydrogen-bond acceptors (Lipinski definition) is 4. The fourth-order valence-corrected chi connectivity index (χ4v) is 3.40. The van der Waals surface area contributed by atoms with Gasteiger partial charge in [0.1, 0.15) is 4.88 Å². The van der Waals surface area contributed by atoms with Crippen LogP contribution >= 0.6 is 22.9 Å². The number of amides is 1. The van der Waals surface area contributed by atoms with Crippen LogP contribution < -0.4 is 11.1 Å². The van der Waals surface area contributed by atoms with Crippen molar-refractivity contribution in [1.29, 1.82) is 0 Å². The van der Waals surface area contributed by atoms with Gasteiger partial charge < -0.3 is 16.0 Å². The van der Waals surface area contributed by atoms with Crippen LogP contribution in [-0.4, -0.2) is 37.0 Å². The standard InChI is InChI=1S/C15H20ClN3OS/c1-3-19(4-2)8-7-18-15(20)14-13(17)11-9-10(16)5-6-12(11)21-14/h5-6,9H,3-4,7-8,17H2,1-2H3,(H,18,20). The average Bonchev–Trinajstić information content (AvgIpc) is 2.80. The zero-order valence-electron chi connectivity index (χ0n) is 12.3. The van der Waals surface area contributed by atoms with E-state index in [1.165, 1.54) is 11.3 Å². The molecular weight excluding hydrogens is 306 g/mol. The molecule has 1 amide bonds. The molecule has 0 unspecified atom stereocenters. The molecule has 1 aromatic heterocycles. The summed E-state index contributed by atoms with van der Waals surface area (Å²) in [4.78, 5) is 15.1. The molecule has 0 bridgehead atoms. The molecule has 21 heavy (non-hydrogen) atoms. The predicted octanol–water partition coefficient (Wildman–Crippen LogP) is 3.21. The van der Waals surface area contributed by atoms with Gasteiger partial charge in [-0.05, 0) is 31.3 Å². The second-order valence-electron chi connectivity index (χ2n) is 4.77. The molecule has 0 saturated heterocycles. The number of nitrogens with two attached hydrogens (primary N) is 1. The third-order valence-electron chi connectivity index (χ3n) is 3.50. The maximum Gasteiger partial charge on any atom is 0.263 e. The highest BCUT2D eigenvalue weighted by Gasteiger charge is 2.16. The van der Waals surface area contributed by atoms with Crippen LogP contribution in [0.5, 0.6) is 0 Å². The summed E-state index contributed by atoms with van der Waals surface area (Å²) >= 11 is 7.37. The minimum absolute atomic E-state index is 0.114. The predicted molar refractivity (Wildman–Crippen MR) is 91.4 cm³/mol. The van der Waals surface area contributed by atoms with Crippen molar-refractivity contribution in [3.63, 3.8) is 0 Å². The van der Waals surface area contributed by atoms with E-state index in [1.54, 1.807) is 6.07 Å². The number of carbonyl (C=O) groups is 1. The van der Waals surface area contributed by atoms with Crippen LogP contribution in [0.4, 0.5) is 5.69 Å². The van der Waals surface area contributed by atoms with E-state index in [2.05, 4.69) is 24.1 Å². The largest absolute Gasteiger partial charge is 0.397 e. The number of likely N-dealkylation sites (N-methyl/N-ethyl adjacent to an activating group) is 1. The van der Waals surface area contributed by atoms with E-state index in [1.807, 2.05) is 12.1 Å². The second-order valence-corrected chi connectivity index (χ2v) is 6.26. The van der Waals surface area contributed by atoms with E-state index >= 15 is 0 Å². The molecule has 0 saturated carbocycles. The van der Waals surface area contributed by atoms with Gasteiger partial charge in [0.2, 0.25) is 0 Å². The molecule has 0 aliphatic heterocycles. The summed E-state index contributed by atoms with van der Waals surface area (Å²) in [6, 6.07) is 5.50. The lowest BCUT2D eigenvalue weighted by molar-refractivity contribution is 0.0954. The van der Waals surface area contributed by atoms with Crippen LogP contribution in [0, 0.1) is 0 Å². The van der Waals surface area contributed by atoms with Crippen LogP contribution in [0.25, 0.3) is 10.1 Å². The monoisotopic (exact) mass is 325 g/mol. The van der Waals surface area contributed by atoms with Crippen molar-refractivity contribution in [1.82, 2.24) is 10.2 Å². The summed E-state index contributed by atoms with van der Waals surface area (Å²) in [6.07, 6.45) is 0. The van der Waals surface area contributed by atoms with Gasteiger partial charge in [-0.2, -0.15) is 0 Å². The van der Waals surface area contributed by atoms with E-state index in [0.717, 1.165) is 29.7 Å². The van der Waals surface area contributed by atoms with Crippen molar-refractivity contribution < 1.29 is 4.79 Å². The van der Waals surface area contributed by atoms with Gasteiger partial charge in [0.15, 0.2) is 0 Å². The Kier molecular flexibility index (Phi) is 5.45. The van der Waals surface area contributed by atoms with E-state index in [-0.39, 0.29) is 5.91 Å². The number of anilines is 1. The molecule has 114 valence electrons. The number of nitrogens with zero attached hydrogens (tertiary/aromatic N) is 1. The lowest BCUT2D eigenvalue weighted by Gasteiger charge is -2.17. The number of fused-ring (bicyclic) bond motifs is 1. The Morgan fingerprint density at radius 2 is 2.10 bits per heavy atom. The molecule has 6 heteroatoms.